The topological polar surface area (TPSA) is 64.6 Å². The van der Waals surface area contributed by atoms with Gasteiger partial charge in [0.15, 0.2) is 0 Å². The van der Waals surface area contributed by atoms with Gasteiger partial charge < -0.3 is 4.74 Å². The summed E-state index contributed by atoms with van der Waals surface area (Å²) in [6.07, 6.45) is 0.742. The third kappa shape index (κ3) is 3.01. The average Bonchev–Trinajstić information content (AvgIpc) is 2.74. The molecule has 18 heavy (non-hydrogen) atoms. The Labute approximate surface area is 107 Å². The van der Waals surface area contributed by atoms with Gasteiger partial charge in [-0.1, -0.05) is 18.7 Å². The Morgan fingerprint density at radius 3 is 2.94 bits per heavy atom. The smallest absolute Gasteiger partial charge is 0.262 e. The molecule has 100 valence electrons. The largest absolute Gasteiger partial charge is 0.493 e. The fourth-order valence-electron chi connectivity index (χ4n) is 1.66. The minimum Gasteiger partial charge on any atom is -0.493 e. The zero-order valence-corrected chi connectivity index (χ0v) is 11.3. The third-order valence-electron chi connectivity index (χ3n) is 2.56. The molecule has 1 aliphatic heterocycles. The summed E-state index contributed by atoms with van der Waals surface area (Å²) in [6, 6.07) is 4.83. The van der Waals surface area contributed by atoms with Gasteiger partial charge in [0.1, 0.15) is 5.75 Å². The monoisotopic (exact) mass is 271 g/mol. The van der Waals surface area contributed by atoms with Gasteiger partial charge in [-0.3, -0.25) is 4.84 Å². The van der Waals surface area contributed by atoms with Crippen molar-refractivity contribution in [1.29, 1.82) is 0 Å². The van der Waals surface area contributed by atoms with Gasteiger partial charge >= 0.3 is 0 Å². The Balaban J connectivity index is 2.10. The van der Waals surface area contributed by atoms with E-state index in [1.807, 2.05) is 13.8 Å². The highest BCUT2D eigenvalue weighted by Crippen LogP contribution is 2.27. The first kappa shape index (κ1) is 13.3. The number of hydrogen-bond acceptors (Lipinski definition) is 4. The molecule has 2 rings (SSSR count). The first-order chi connectivity index (χ1) is 8.49. The standard InChI is InChI=1S/C12H17NO4S/c1-9(2)8-17-13-18(14,15)11-3-4-12-10(7-11)5-6-16-12/h3-4,7,9,13H,5-6,8H2,1-2H3. The van der Waals surface area contributed by atoms with Crippen LogP contribution in [0.2, 0.25) is 0 Å². The van der Waals surface area contributed by atoms with Crippen molar-refractivity contribution >= 4 is 10.0 Å². The maximum absolute atomic E-state index is 11.9. The molecule has 0 aliphatic carbocycles. The fourth-order valence-corrected chi connectivity index (χ4v) is 2.52. The van der Waals surface area contributed by atoms with Crippen molar-refractivity contribution in [2.45, 2.75) is 25.2 Å². The van der Waals surface area contributed by atoms with Crippen molar-refractivity contribution in [3.8, 4) is 5.75 Å². The van der Waals surface area contributed by atoms with E-state index < -0.39 is 10.0 Å². The first-order valence-electron chi connectivity index (χ1n) is 5.88. The lowest BCUT2D eigenvalue weighted by Gasteiger charge is -2.09. The Morgan fingerprint density at radius 2 is 2.22 bits per heavy atom. The van der Waals surface area contributed by atoms with Crippen molar-refractivity contribution < 1.29 is 18.0 Å². The highest BCUT2D eigenvalue weighted by Gasteiger charge is 2.19. The second kappa shape index (κ2) is 5.26. The van der Waals surface area contributed by atoms with Crippen molar-refractivity contribution in [2.75, 3.05) is 13.2 Å². The van der Waals surface area contributed by atoms with Gasteiger partial charge in [0.2, 0.25) is 0 Å². The summed E-state index contributed by atoms with van der Waals surface area (Å²) in [6.45, 7) is 4.84. The van der Waals surface area contributed by atoms with Crippen molar-refractivity contribution in [3.05, 3.63) is 23.8 Å². The molecule has 1 N–H and O–H groups in total. The van der Waals surface area contributed by atoms with Gasteiger partial charge in [-0.25, -0.2) is 8.42 Å². The molecular weight excluding hydrogens is 254 g/mol. The molecule has 1 aliphatic rings. The Hall–Kier alpha value is -1.11. The number of benzene rings is 1. The highest BCUT2D eigenvalue weighted by atomic mass is 32.2. The first-order valence-corrected chi connectivity index (χ1v) is 7.36. The molecule has 0 saturated carbocycles. The van der Waals surface area contributed by atoms with Crippen LogP contribution in [0.25, 0.3) is 0 Å². The van der Waals surface area contributed by atoms with E-state index in [-0.39, 0.29) is 10.8 Å². The molecule has 0 amide bonds. The molecule has 0 bridgehead atoms. The van der Waals surface area contributed by atoms with Crippen molar-refractivity contribution in [1.82, 2.24) is 4.89 Å². The van der Waals surface area contributed by atoms with Crippen LogP contribution >= 0.6 is 0 Å². The summed E-state index contributed by atoms with van der Waals surface area (Å²) in [5.74, 6) is 1.03. The summed E-state index contributed by atoms with van der Waals surface area (Å²) in [5.41, 5.74) is 0.918. The van der Waals surface area contributed by atoms with Gasteiger partial charge in [0.25, 0.3) is 10.0 Å². The van der Waals surface area contributed by atoms with Crippen LogP contribution in [0.3, 0.4) is 0 Å². The molecule has 0 unspecified atom stereocenters. The lowest BCUT2D eigenvalue weighted by Crippen LogP contribution is -2.25. The van der Waals surface area contributed by atoms with Crippen molar-refractivity contribution in [2.24, 2.45) is 5.92 Å². The quantitative estimate of drug-likeness (QED) is 0.824. The van der Waals surface area contributed by atoms with Crippen molar-refractivity contribution in [3.63, 3.8) is 0 Å². The predicted octanol–water partition coefficient (Wildman–Crippen LogP) is 1.49. The molecule has 0 aromatic heterocycles. The van der Waals surface area contributed by atoms with Gasteiger partial charge in [-0.2, -0.15) is 0 Å². The highest BCUT2D eigenvalue weighted by molar-refractivity contribution is 7.89. The fraction of sp³-hybridized carbons (Fsp3) is 0.500. The van der Waals surface area contributed by atoms with E-state index in [4.69, 9.17) is 9.57 Å². The van der Waals surface area contributed by atoms with Crippen LogP contribution in [-0.2, 0) is 21.3 Å². The Morgan fingerprint density at radius 1 is 1.44 bits per heavy atom. The van der Waals surface area contributed by atoms with Crippen LogP contribution in [0, 0.1) is 5.92 Å². The summed E-state index contributed by atoms with van der Waals surface area (Å²) in [7, 11) is -3.61. The van der Waals surface area contributed by atoms with Crippen LogP contribution in [0.15, 0.2) is 23.1 Å². The van der Waals surface area contributed by atoms with E-state index >= 15 is 0 Å². The predicted molar refractivity (Wildman–Crippen MR) is 66.8 cm³/mol. The van der Waals surface area contributed by atoms with Crippen LogP contribution in [0.1, 0.15) is 19.4 Å². The minimum absolute atomic E-state index is 0.204. The second-order valence-corrected chi connectivity index (χ2v) is 6.30. The second-order valence-electron chi connectivity index (χ2n) is 4.66. The Kier molecular flexibility index (Phi) is 3.89. The van der Waals surface area contributed by atoms with E-state index in [0.29, 0.717) is 13.2 Å². The molecule has 0 radical (unpaired) electrons. The summed E-state index contributed by atoms with van der Waals surface area (Å²) in [5, 5.41) is 0. The van der Waals surface area contributed by atoms with Gasteiger partial charge in [-0.15, -0.1) is 0 Å². The number of rotatable bonds is 5. The molecule has 0 saturated heterocycles. The maximum Gasteiger partial charge on any atom is 0.262 e. The van der Waals surface area contributed by atoms with E-state index in [2.05, 4.69) is 4.89 Å². The summed E-state index contributed by atoms with van der Waals surface area (Å²) < 4.78 is 29.2. The van der Waals surface area contributed by atoms with Gasteiger partial charge in [0, 0.05) is 6.42 Å². The van der Waals surface area contributed by atoms with E-state index in [1.165, 1.54) is 6.07 Å². The summed E-state index contributed by atoms with van der Waals surface area (Å²) in [4.78, 5) is 7.30. The molecule has 1 aromatic carbocycles. The van der Waals surface area contributed by atoms with Gasteiger partial charge in [-0.05, 0) is 29.7 Å². The molecule has 0 spiro atoms. The van der Waals surface area contributed by atoms with Crippen LogP contribution in [0.4, 0.5) is 0 Å². The Bertz CT molecular complexity index is 525. The van der Waals surface area contributed by atoms with Crippen LogP contribution in [-0.4, -0.2) is 21.6 Å². The van der Waals surface area contributed by atoms with E-state index in [0.717, 1.165) is 17.7 Å². The molecule has 1 aromatic rings. The SMILES string of the molecule is CC(C)CONS(=O)(=O)c1ccc2c(c1)CCO2. The minimum atomic E-state index is -3.61. The molecule has 1 heterocycles. The van der Waals surface area contributed by atoms with Gasteiger partial charge in [0.05, 0.1) is 18.1 Å². The molecule has 5 nitrogen and oxygen atoms in total. The number of ether oxygens (including phenoxy) is 1. The third-order valence-corrected chi connectivity index (χ3v) is 3.77. The number of sulfonamides is 1. The number of fused-ring (bicyclic) bond motifs is 1. The lowest BCUT2D eigenvalue weighted by atomic mass is 10.2. The molecule has 0 fully saturated rings. The normalized spacial score (nSPS) is 14.6. The molecule has 0 atom stereocenters. The van der Waals surface area contributed by atoms with Crippen LogP contribution < -0.4 is 9.62 Å². The van der Waals surface area contributed by atoms with Crippen LogP contribution in [0.5, 0.6) is 5.75 Å². The molecular formula is C12H17NO4S. The zero-order valence-electron chi connectivity index (χ0n) is 10.5. The van der Waals surface area contributed by atoms with E-state index in [1.54, 1.807) is 12.1 Å². The maximum atomic E-state index is 11.9. The number of hydrogen-bond donors (Lipinski definition) is 1. The zero-order chi connectivity index (χ0) is 13.2. The molecule has 6 heteroatoms. The lowest BCUT2D eigenvalue weighted by molar-refractivity contribution is 0.0718. The summed E-state index contributed by atoms with van der Waals surface area (Å²) >= 11 is 0. The average molecular weight is 271 g/mol. The number of nitrogens with one attached hydrogen (secondary N) is 1. The van der Waals surface area contributed by atoms with E-state index in [9.17, 15) is 8.42 Å².